The predicted molar refractivity (Wildman–Crippen MR) is 86.6 cm³/mol. The highest BCUT2D eigenvalue weighted by Gasteiger charge is 2.23. The first-order valence-electron chi connectivity index (χ1n) is 7.09. The molecule has 0 aromatic heterocycles. The van der Waals surface area contributed by atoms with Crippen LogP contribution in [0.5, 0.6) is 0 Å². The molecule has 0 spiro atoms. The molecule has 0 bridgehead atoms. The second kappa shape index (κ2) is 7.40. The Kier molecular flexibility index (Phi) is 6.11. The second-order valence-corrected chi connectivity index (χ2v) is 7.39. The van der Waals surface area contributed by atoms with Crippen LogP contribution in [0.25, 0.3) is 0 Å². The van der Waals surface area contributed by atoms with Gasteiger partial charge in [-0.15, -0.1) is 0 Å². The summed E-state index contributed by atoms with van der Waals surface area (Å²) in [5.74, 6) is -0.743. The van der Waals surface area contributed by atoms with Crippen molar-refractivity contribution in [3.05, 3.63) is 29.8 Å². The van der Waals surface area contributed by atoms with Gasteiger partial charge in [0.05, 0.1) is 0 Å². The zero-order valence-corrected chi connectivity index (χ0v) is 14.1. The quantitative estimate of drug-likeness (QED) is 0.859. The number of nitrogens with one attached hydrogen (secondary N) is 1. The lowest BCUT2D eigenvalue weighted by atomic mass is 10.1. The highest BCUT2D eigenvalue weighted by atomic mass is 32.2. The number of benzene rings is 1. The van der Waals surface area contributed by atoms with E-state index in [4.69, 9.17) is 0 Å². The molecule has 0 radical (unpaired) electrons. The summed E-state index contributed by atoms with van der Waals surface area (Å²) in [6, 6.07) is 6.48. The van der Waals surface area contributed by atoms with Gasteiger partial charge in [0, 0.05) is 30.6 Å². The summed E-state index contributed by atoms with van der Waals surface area (Å²) >= 11 is 0. The molecule has 1 atom stereocenters. The van der Waals surface area contributed by atoms with E-state index in [1.165, 1.54) is 6.92 Å². The maximum atomic E-state index is 12.3. The van der Waals surface area contributed by atoms with Crippen LogP contribution >= 0.6 is 0 Å². The SMILES string of the molecule is CCN(CC)C(=O)c1cccc(NC(=O)C(C)S(C)(=O)=O)c1. The number of carbonyl (C=O) groups excluding carboxylic acids is 2. The lowest BCUT2D eigenvalue weighted by molar-refractivity contribution is -0.115. The van der Waals surface area contributed by atoms with Crippen molar-refractivity contribution in [1.82, 2.24) is 4.90 Å². The monoisotopic (exact) mass is 326 g/mol. The van der Waals surface area contributed by atoms with Gasteiger partial charge in [0.2, 0.25) is 5.91 Å². The van der Waals surface area contributed by atoms with Crippen molar-refractivity contribution >= 4 is 27.3 Å². The lowest BCUT2D eigenvalue weighted by Gasteiger charge is -2.19. The molecular weight excluding hydrogens is 304 g/mol. The third-order valence-corrected chi connectivity index (χ3v) is 4.94. The number of amides is 2. The smallest absolute Gasteiger partial charge is 0.253 e. The standard InChI is InChI=1S/C15H22N2O4S/c1-5-17(6-2)15(19)12-8-7-9-13(10-12)16-14(18)11(3)22(4,20)21/h7-11H,5-6H2,1-4H3,(H,16,18). The second-order valence-electron chi connectivity index (χ2n) is 5.02. The summed E-state index contributed by atoms with van der Waals surface area (Å²) in [5, 5.41) is 1.39. The molecule has 22 heavy (non-hydrogen) atoms. The van der Waals surface area contributed by atoms with Gasteiger partial charge < -0.3 is 10.2 Å². The summed E-state index contributed by atoms with van der Waals surface area (Å²) < 4.78 is 22.8. The summed E-state index contributed by atoms with van der Waals surface area (Å²) in [4.78, 5) is 25.8. The molecule has 1 unspecified atom stereocenters. The highest BCUT2D eigenvalue weighted by molar-refractivity contribution is 7.92. The molecule has 0 fully saturated rings. The van der Waals surface area contributed by atoms with Crippen LogP contribution in [0.15, 0.2) is 24.3 Å². The van der Waals surface area contributed by atoms with E-state index in [-0.39, 0.29) is 5.91 Å². The molecule has 1 aromatic rings. The van der Waals surface area contributed by atoms with E-state index in [0.717, 1.165) is 6.26 Å². The molecule has 0 aliphatic rings. The molecule has 0 aliphatic heterocycles. The molecule has 0 heterocycles. The number of sulfone groups is 1. The number of hydrogen-bond acceptors (Lipinski definition) is 4. The molecule has 1 N–H and O–H groups in total. The van der Waals surface area contributed by atoms with E-state index in [9.17, 15) is 18.0 Å². The van der Waals surface area contributed by atoms with Crippen LogP contribution in [-0.2, 0) is 14.6 Å². The number of carbonyl (C=O) groups is 2. The molecule has 7 heteroatoms. The average molecular weight is 326 g/mol. The Hall–Kier alpha value is -1.89. The van der Waals surface area contributed by atoms with Crippen LogP contribution in [-0.4, -0.2) is 49.7 Å². The van der Waals surface area contributed by atoms with Gasteiger partial charge in [0.1, 0.15) is 5.25 Å². The fourth-order valence-corrected chi connectivity index (χ4v) is 2.31. The first-order valence-corrected chi connectivity index (χ1v) is 9.05. The van der Waals surface area contributed by atoms with Crippen LogP contribution in [0.4, 0.5) is 5.69 Å². The van der Waals surface area contributed by atoms with Crippen molar-refractivity contribution in [2.45, 2.75) is 26.0 Å². The fourth-order valence-electron chi connectivity index (χ4n) is 1.86. The highest BCUT2D eigenvalue weighted by Crippen LogP contribution is 2.14. The Labute approximate surface area is 131 Å². The van der Waals surface area contributed by atoms with Gasteiger partial charge in [-0.1, -0.05) is 6.07 Å². The Morgan fingerprint density at radius 3 is 2.32 bits per heavy atom. The van der Waals surface area contributed by atoms with E-state index in [0.29, 0.717) is 24.3 Å². The lowest BCUT2D eigenvalue weighted by Crippen LogP contribution is -2.32. The van der Waals surface area contributed by atoms with Crippen molar-refractivity contribution in [1.29, 1.82) is 0 Å². The zero-order valence-electron chi connectivity index (χ0n) is 13.3. The van der Waals surface area contributed by atoms with E-state index in [2.05, 4.69) is 5.32 Å². The molecule has 0 saturated carbocycles. The van der Waals surface area contributed by atoms with Gasteiger partial charge >= 0.3 is 0 Å². The number of rotatable bonds is 6. The molecule has 2 amide bonds. The third kappa shape index (κ3) is 4.56. The minimum atomic E-state index is -3.46. The molecule has 122 valence electrons. The van der Waals surface area contributed by atoms with Gasteiger partial charge in [-0.25, -0.2) is 8.42 Å². The van der Waals surface area contributed by atoms with Crippen molar-refractivity contribution in [2.75, 3.05) is 24.7 Å². The predicted octanol–water partition coefficient (Wildman–Crippen LogP) is 1.54. The average Bonchev–Trinajstić information content (AvgIpc) is 2.46. The van der Waals surface area contributed by atoms with Crippen molar-refractivity contribution < 1.29 is 18.0 Å². The van der Waals surface area contributed by atoms with Gasteiger partial charge in [0.15, 0.2) is 9.84 Å². The Bertz CT molecular complexity index is 651. The molecule has 1 rings (SSSR count). The first kappa shape index (κ1) is 18.2. The molecule has 0 saturated heterocycles. The van der Waals surface area contributed by atoms with E-state index in [1.807, 2.05) is 13.8 Å². The largest absolute Gasteiger partial charge is 0.339 e. The van der Waals surface area contributed by atoms with Crippen LogP contribution in [0.1, 0.15) is 31.1 Å². The maximum Gasteiger partial charge on any atom is 0.253 e. The van der Waals surface area contributed by atoms with Crippen LogP contribution in [0, 0.1) is 0 Å². The van der Waals surface area contributed by atoms with Gasteiger partial charge in [-0.05, 0) is 39.0 Å². The molecule has 0 aliphatic carbocycles. The van der Waals surface area contributed by atoms with E-state index < -0.39 is 21.0 Å². The minimum Gasteiger partial charge on any atom is -0.339 e. The minimum absolute atomic E-state index is 0.128. The fraction of sp³-hybridized carbons (Fsp3) is 0.467. The van der Waals surface area contributed by atoms with Crippen LogP contribution in [0.2, 0.25) is 0 Å². The number of anilines is 1. The van der Waals surface area contributed by atoms with Crippen LogP contribution < -0.4 is 5.32 Å². The number of hydrogen-bond donors (Lipinski definition) is 1. The summed E-state index contributed by atoms with van der Waals surface area (Å²) in [5.41, 5.74) is 0.854. The number of nitrogens with zero attached hydrogens (tertiary/aromatic N) is 1. The van der Waals surface area contributed by atoms with Gasteiger partial charge in [-0.2, -0.15) is 0 Å². The maximum absolute atomic E-state index is 12.3. The molecule has 1 aromatic carbocycles. The third-order valence-electron chi connectivity index (χ3n) is 3.44. The van der Waals surface area contributed by atoms with E-state index in [1.54, 1.807) is 29.2 Å². The summed E-state index contributed by atoms with van der Waals surface area (Å²) in [6.45, 7) is 6.30. The Balaban J connectivity index is 2.94. The van der Waals surface area contributed by atoms with Gasteiger partial charge in [-0.3, -0.25) is 9.59 Å². The molecule has 6 nitrogen and oxygen atoms in total. The summed E-state index contributed by atoms with van der Waals surface area (Å²) in [6.07, 6.45) is 1.01. The van der Waals surface area contributed by atoms with E-state index >= 15 is 0 Å². The Morgan fingerprint density at radius 2 is 1.82 bits per heavy atom. The normalized spacial score (nSPS) is 12.5. The van der Waals surface area contributed by atoms with Crippen molar-refractivity contribution in [2.24, 2.45) is 0 Å². The van der Waals surface area contributed by atoms with Crippen molar-refractivity contribution in [3.63, 3.8) is 0 Å². The van der Waals surface area contributed by atoms with Crippen LogP contribution in [0.3, 0.4) is 0 Å². The van der Waals surface area contributed by atoms with Crippen molar-refractivity contribution in [3.8, 4) is 0 Å². The summed E-state index contributed by atoms with van der Waals surface area (Å²) in [7, 11) is -3.46. The Morgan fingerprint density at radius 1 is 1.23 bits per heavy atom. The first-order chi connectivity index (χ1) is 10.2. The molecular formula is C15H22N2O4S. The topological polar surface area (TPSA) is 83.6 Å². The van der Waals surface area contributed by atoms with Gasteiger partial charge in [0.25, 0.3) is 5.91 Å². The zero-order chi connectivity index (χ0) is 16.9.